The molecule has 3 N–H and O–H groups in total. The molecule has 0 aromatic heterocycles. The van der Waals surface area contributed by atoms with Crippen molar-refractivity contribution in [1.29, 1.82) is 0 Å². The minimum atomic E-state index is -0.451. The number of rotatable bonds is 8. The standard InChI is InChI=1S/C16H20N2O4/c1-21-16(20)15-7-6-14(11-13(15)5-4-8-17)22-10-3-2-9-18-12-19/h6-7,11-12H,2-3,8-10,17H2,1H3,(H,18,19). The highest BCUT2D eigenvalue weighted by Crippen LogP contribution is 2.18. The van der Waals surface area contributed by atoms with Gasteiger partial charge in [-0.25, -0.2) is 4.79 Å². The lowest BCUT2D eigenvalue weighted by atomic mass is 10.1. The van der Waals surface area contributed by atoms with Gasteiger partial charge in [-0.2, -0.15) is 0 Å². The first-order valence-electron chi connectivity index (χ1n) is 6.94. The van der Waals surface area contributed by atoms with Gasteiger partial charge >= 0.3 is 5.97 Å². The monoisotopic (exact) mass is 304 g/mol. The van der Waals surface area contributed by atoms with E-state index in [1.807, 2.05) is 0 Å². The number of amides is 1. The van der Waals surface area contributed by atoms with E-state index in [1.54, 1.807) is 18.2 Å². The summed E-state index contributed by atoms with van der Waals surface area (Å²) >= 11 is 0. The van der Waals surface area contributed by atoms with Crippen LogP contribution in [0.25, 0.3) is 0 Å². The van der Waals surface area contributed by atoms with Gasteiger partial charge in [0.1, 0.15) is 5.75 Å². The van der Waals surface area contributed by atoms with Gasteiger partial charge in [0.05, 0.1) is 25.8 Å². The highest BCUT2D eigenvalue weighted by atomic mass is 16.5. The summed E-state index contributed by atoms with van der Waals surface area (Å²) in [6.45, 7) is 1.35. The predicted octanol–water partition coefficient (Wildman–Crippen LogP) is 0.688. The van der Waals surface area contributed by atoms with E-state index in [2.05, 4.69) is 17.2 Å². The van der Waals surface area contributed by atoms with Gasteiger partial charge in [-0.1, -0.05) is 11.8 Å². The fourth-order valence-electron chi connectivity index (χ4n) is 1.73. The van der Waals surface area contributed by atoms with Gasteiger partial charge in [0.2, 0.25) is 6.41 Å². The van der Waals surface area contributed by atoms with Crippen molar-refractivity contribution in [3.63, 3.8) is 0 Å². The molecule has 0 bridgehead atoms. The molecular weight excluding hydrogens is 284 g/mol. The second-order valence-corrected chi connectivity index (χ2v) is 4.33. The maximum atomic E-state index is 11.7. The molecule has 118 valence electrons. The summed E-state index contributed by atoms with van der Waals surface area (Å²) in [6, 6.07) is 5.01. The molecule has 0 atom stereocenters. The number of esters is 1. The first kappa shape index (κ1) is 17.5. The van der Waals surface area contributed by atoms with Crippen LogP contribution in [0.1, 0.15) is 28.8 Å². The number of unbranched alkanes of at least 4 members (excludes halogenated alkanes) is 1. The third-order valence-electron chi connectivity index (χ3n) is 2.79. The second-order valence-electron chi connectivity index (χ2n) is 4.33. The van der Waals surface area contributed by atoms with Crippen molar-refractivity contribution in [2.24, 2.45) is 5.73 Å². The number of carbonyl (C=O) groups excluding carboxylic acids is 2. The smallest absolute Gasteiger partial charge is 0.339 e. The number of benzene rings is 1. The van der Waals surface area contributed by atoms with Gasteiger partial charge in [0.15, 0.2) is 0 Å². The fourth-order valence-corrected chi connectivity index (χ4v) is 1.73. The van der Waals surface area contributed by atoms with Crippen molar-refractivity contribution in [2.45, 2.75) is 12.8 Å². The Labute approximate surface area is 130 Å². The molecule has 0 spiro atoms. The van der Waals surface area contributed by atoms with E-state index in [9.17, 15) is 9.59 Å². The van der Waals surface area contributed by atoms with Crippen LogP contribution < -0.4 is 15.8 Å². The molecule has 1 rings (SSSR count). The van der Waals surface area contributed by atoms with E-state index >= 15 is 0 Å². The molecule has 0 radical (unpaired) electrons. The molecule has 22 heavy (non-hydrogen) atoms. The van der Waals surface area contributed by atoms with Gasteiger partial charge in [-0.3, -0.25) is 4.79 Å². The van der Waals surface area contributed by atoms with Crippen LogP contribution in [0.4, 0.5) is 0 Å². The first-order valence-corrected chi connectivity index (χ1v) is 6.94. The summed E-state index contributed by atoms with van der Waals surface area (Å²) in [6.07, 6.45) is 2.32. The van der Waals surface area contributed by atoms with Crippen LogP contribution in [-0.2, 0) is 9.53 Å². The van der Waals surface area contributed by atoms with Crippen molar-refractivity contribution in [2.75, 3.05) is 26.8 Å². The number of methoxy groups -OCH3 is 1. The van der Waals surface area contributed by atoms with Gasteiger partial charge in [0, 0.05) is 12.1 Å². The number of carbonyl (C=O) groups is 2. The summed E-state index contributed by atoms with van der Waals surface area (Å²) in [4.78, 5) is 21.8. The van der Waals surface area contributed by atoms with Crippen LogP contribution >= 0.6 is 0 Å². The van der Waals surface area contributed by atoms with Crippen molar-refractivity contribution in [1.82, 2.24) is 5.32 Å². The third-order valence-corrected chi connectivity index (χ3v) is 2.79. The van der Waals surface area contributed by atoms with Crippen LogP contribution in [0.5, 0.6) is 5.75 Å². The van der Waals surface area contributed by atoms with Crippen molar-refractivity contribution in [3.05, 3.63) is 29.3 Å². The molecule has 0 fully saturated rings. The van der Waals surface area contributed by atoms with Gasteiger partial charge in [-0.05, 0) is 31.0 Å². The summed E-state index contributed by atoms with van der Waals surface area (Å²) in [7, 11) is 1.32. The summed E-state index contributed by atoms with van der Waals surface area (Å²) < 4.78 is 10.3. The Morgan fingerprint density at radius 2 is 2.23 bits per heavy atom. The molecule has 0 aliphatic heterocycles. The zero-order valence-electron chi connectivity index (χ0n) is 12.6. The maximum absolute atomic E-state index is 11.7. The van der Waals surface area contributed by atoms with E-state index in [0.717, 1.165) is 12.8 Å². The molecule has 1 aromatic carbocycles. The molecular formula is C16H20N2O4. The van der Waals surface area contributed by atoms with E-state index in [-0.39, 0.29) is 6.54 Å². The Morgan fingerprint density at radius 1 is 1.41 bits per heavy atom. The third kappa shape index (κ3) is 5.85. The van der Waals surface area contributed by atoms with Crippen molar-refractivity contribution < 1.29 is 19.1 Å². The minimum absolute atomic E-state index is 0.204. The van der Waals surface area contributed by atoms with Gasteiger partial charge in [-0.15, -0.1) is 0 Å². The zero-order chi connectivity index (χ0) is 16.2. The lowest BCUT2D eigenvalue weighted by Gasteiger charge is -2.09. The van der Waals surface area contributed by atoms with Crippen LogP contribution in [0.3, 0.4) is 0 Å². The number of hydrogen-bond acceptors (Lipinski definition) is 5. The average molecular weight is 304 g/mol. The molecule has 0 heterocycles. The van der Waals surface area contributed by atoms with Crippen molar-refractivity contribution in [3.8, 4) is 17.6 Å². The van der Waals surface area contributed by atoms with E-state index < -0.39 is 5.97 Å². The van der Waals surface area contributed by atoms with Gasteiger partial charge < -0.3 is 20.5 Å². The SMILES string of the molecule is COC(=O)c1ccc(OCCCCNC=O)cc1C#CCN. The van der Waals surface area contributed by atoms with Crippen LogP contribution in [0.2, 0.25) is 0 Å². The van der Waals surface area contributed by atoms with Crippen molar-refractivity contribution >= 4 is 12.4 Å². The Morgan fingerprint density at radius 3 is 2.91 bits per heavy atom. The van der Waals surface area contributed by atoms with E-state index in [1.165, 1.54) is 7.11 Å². The summed E-state index contributed by atoms with van der Waals surface area (Å²) in [5.74, 6) is 5.73. The topological polar surface area (TPSA) is 90.6 Å². The molecule has 0 aliphatic carbocycles. The molecule has 1 aromatic rings. The average Bonchev–Trinajstić information content (AvgIpc) is 2.55. The highest BCUT2D eigenvalue weighted by molar-refractivity contribution is 5.92. The number of hydrogen-bond donors (Lipinski definition) is 2. The second kappa shape index (κ2) is 10.2. The Hall–Kier alpha value is -2.52. The lowest BCUT2D eigenvalue weighted by molar-refractivity contribution is -0.109. The zero-order valence-corrected chi connectivity index (χ0v) is 12.6. The first-order chi connectivity index (χ1) is 10.7. The quantitative estimate of drug-likeness (QED) is 0.319. The Kier molecular flexibility index (Phi) is 8.16. The van der Waals surface area contributed by atoms with Crippen LogP contribution in [0.15, 0.2) is 18.2 Å². The van der Waals surface area contributed by atoms with E-state index in [4.69, 9.17) is 15.2 Å². The molecule has 6 heteroatoms. The normalized spacial score (nSPS) is 9.36. The van der Waals surface area contributed by atoms with Crippen LogP contribution in [0, 0.1) is 11.8 Å². The largest absolute Gasteiger partial charge is 0.494 e. The molecule has 1 amide bonds. The summed E-state index contributed by atoms with van der Waals surface area (Å²) in [5, 5.41) is 2.59. The lowest BCUT2D eigenvalue weighted by Crippen LogP contribution is -2.13. The Bertz CT molecular complexity index is 561. The fraction of sp³-hybridized carbons (Fsp3) is 0.375. The molecule has 6 nitrogen and oxygen atoms in total. The molecule has 0 aliphatic rings. The maximum Gasteiger partial charge on any atom is 0.339 e. The number of nitrogens with one attached hydrogen (secondary N) is 1. The Balaban J connectivity index is 2.68. The number of ether oxygens (including phenoxy) is 2. The molecule has 0 saturated carbocycles. The van der Waals surface area contributed by atoms with Crippen LogP contribution in [-0.4, -0.2) is 39.2 Å². The molecule has 0 saturated heterocycles. The molecule has 0 unspecified atom stereocenters. The highest BCUT2D eigenvalue weighted by Gasteiger charge is 2.11. The predicted molar refractivity (Wildman–Crippen MR) is 82.5 cm³/mol. The number of nitrogens with two attached hydrogens (primary N) is 1. The minimum Gasteiger partial charge on any atom is -0.494 e. The van der Waals surface area contributed by atoms with E-state index in [0.29, 0.717) is 36.4 Å². The summed E-state index contributed by atoms with van der Waals surface area (Å²) in [5.41, 5.74) is 6.27. The van der Waals surface area contributed by atoms with Gasteiger partial charge in [0.25, 0.3) is 0 Å².